The van der Waals surface area contributed by atoms with Crippen LogP contribution in [0, 0.1) is 11.8 Å². The Kier molecular flexibility index (Phi) is 6.96. The Morgan fingerprint density at radius 1 is 1.24 bits per heavy atom. The van der Waals surface area contributed by atoms with Crippen molar-refractivity contribution in [3.8, 4) is 11.8 Å². The van der Waals surface area contributed by atoms with Crippen LogP contribution in [-0.4, -0.2) is 49.8 Å². The van der Waals surface area contributed by atoms with E-state index < -0.39 is 42.4 Å². The van der Waals surface area contributed by atoms with Gasteiger partial charge >= 0.3 is 5.69 Å². The minimum Gasteiger partial charge on any atom is -0.394 e. The molecule has 0 spiro atoms. The molecule has 4 atom stereocenters. The highest BCUT2D eigenvalue weighted by atomic mass is 16.6. The first-order valence-electron chi connectivity index (χ1n) is 8.46. The number of unbranched alkanes of at least 4 members (excludes halogenated alkanes) is 4. The molecule has 0 aromatic carbocycles. The Bertz CT molecular complexity index is 744. The van der Waals surface area contributed by atoms with Gasteiger partial charge in [0.05, 0.1) is 6.61 Å². The number of H-pyrrole nitrogens is 1. The van der Waals surface area contributed by atoms with Crippen LogP contribution >= 0.6 is 0 Å². The lowest BCUT2D eigenvalue weighted by atomic mass is 10.1. The predicted octanol–water partition coefficient (Wildman–Crippen LogP) is -0.530. The van der Waals surface area contributed by atoms with Crippen molar-refractivity contribution in [1.82, 2.24) is 9.55 Å². The number of hydrogen-bond acceptors (Lipinski definition) is 6. The van der Waals surface area contributed by atoms with Crippen molar-refractivity contribution < 1.29 is 20.1 Å². The van der Waals surface area contributed by atoms with Crippen LogP contribution in [0.15, 0.2) is 15.8 Å². The standard InChI is InChI=1S/C17H24N2O6/c1-2-3-4-5-6-7-8-11-9-19(17(24)18-15(11)23)16-14(22)13(21)12(10-20)25-16/h9,12-14,16,20-22H,2-6,10H2,1H3,(H,18,23,24)/t12-,13-,14-,16-/m1/s1. The Balaban J connectivity index is 2.20. The van der Waals surface area contributed by atoms with E-state index in [1.807, 2.05) is 0 Å². The van der Waals surface area contributed by atoms with E-state index in [9.17, 15) is 19.8 Å². The molecule has 1 saturated heterocycles. The quantitative estimate of drug-likeness (QED) is 0.403. The number of aromatic nitrogens is 2. The van der Waals surface area contributed by atoms with Crippen molar-refractivity contribution in [2.45, 2.75) is 63.6 Å². The van der Waals surface area contributed by atoms with Gasteiger partial charge < -0.3 is 20.1 Å². The Morgan fingerprint density at radius 2 is 2.00 bits per heavy atom. The molecule has 0 aliphatic carbocycles. The Labute approximate surface area is 145 Å². The molecule has 1 aliphatic heterocycles. The molecule has 138 valence electrons. The largest absolute Gasteiger partial charge is 0.394 e. The summed E-state index contributed by atoms with van der Waals surface area (Å²) in [4.78, 5) is 26.0. The van der Waals surface area contributed by atoms with Gasteiger partial charge in [-0.05, 0) is 6.42 Å². The topological polar surface area (TPSA) is 125 Å². The highest BCUT2D eigenvalue weighted by Crippen LogP contribution is 2.27. The number of aliphatic hydroxyl groups excluding tert-OH is 3. The maximum absolute atomic E-state index is 12.0. The third-order valence-electron chi connectivity index (χ3n) is 4.14. The zero-order chi connectivity index (χ0) is 18.4. The van der Waals surface area contributed by atoms with Crippen LogP contribution in [0.1, 0.15) is 50.8 Å². The van der Waals surface area contributed by atoms with Gasteiger partial charge in [0.2, 0.25) is 0 Å². The summed E-state index contributed by atoms with van der Waals surface area (Å²) in [5, 5.41) is 28.9. The second-order valence-electron chi connectivity index (χ2n) is 6.05. The molecule has 0 radical (unpaired) electrons. The number of rotatable bonds is 6. The molecule has 1 aromatic rings. The number of aromatic amines is 1. The van der Waals surface area contributed by atoms with Crippen molar-refractivity contribution in [3.63, 3.8) is 0 Å². The molecule has 0 unspecified atom stereocenters. The lowest BCUT2D eigenvalue weighted by molar-refractivity contribution is -0.0550. The van der Waals surface area contributed by atoms with Crippen LogP contribution in [0.3, 0.4) is 0 Å². The summed E-state index contributed by atoms with van der Waals surface area (Å²) in [6.07, 6.45) is 1.18. The zero-order valence-corrected chi connectivity index (χ0v) is 14.1. The van der Waals surface area contributed by atoms with E-state index in [0.29, 0.717) is 6.42 Å². The summed E-state index contributed by atoms with van der Waals surface area (Å²) in [7, 11) is 0. The summed E-state index contributed by atoms with van der Waals surface area (Å²) >= 11 is 0. The molecular formula is C17H24N2O6. The minimum absolute atomic E-state index is 0.0767. The summed E-state index contributed by atoms with van der Waals surface area (Å²) < 4.78 is 6.29. The van der Waals surface area contributed by atoms with Gasteiger partial charge in [0.1, 0.15) is 23.9 Å². The van der Waals surface area contributed by atoms with Crippen LogP contribution in [0.25, 0.3) is 0 Å². The van der Waals surface area contributed by atoms with Gasteiger partial charge in [-0.25, -0.2) is 4.79 Å². The molecule has 4 N–H and O–H groups in total. The van der Waals surface area contributed by atoms with E-state index >= 15 is 0 Å². The molecule has 25 heavy (non-hydrogen) atoms. The average Bonchev–Trinajstić information content (AvgIpc) is 2.87. The number of hydrogen-bond donors (Lipinski definition) is 4. The molecule has 1 aliphatic rings. The van der Waals surface area contributed by atoms with Gasteiger partial charge in [-0.1, -0.05) is 38.0 Å². The third-order valence-corrected chi connectivity index (χ3v) is 4.14. The van der Waals surface area contributed by atoms with Crippen molar-refractivity contribution in [3.05, 3.63) is 32.6 Å². The van der Waals surface area contributed by atoms with E-state index in [0.717, 1.165) is 30.3 Å². The molecule has 1 fully saturated rings. The van der Waals surface area contributed by atoms with Crippen LogP contribution < -0.4 is 11.2 Å². The van der Waals surface area contributed by atoms with Crippen LogP contribution in [0.2, 0.25) is 0 Å². The average molecular weight is 352 g/mol. The summed E-state index contributed by atoms with van der Waals surface area (Å²) in [6.45, 7) is 1.61. The lowest BCUT2D eigenvalue weighted by Gasteiger charge is -2.17. The van der Waals surface area contributed by atoms with E-state index in [4.69, 9.17) is 9.84 Å². The van der Waals surface area contributed by atoms with Gasteiger partial charge in [-0.2, -0.15) is 0 Å². The van der Waals surface area contributed by atoms with Gasteiger partial charge in [-0.15, -0.1) is 0 Å². The van der Waals surface area contributed by atoms with Crippen LogP contribution in [0.4, 0.5) is 0 Å². The third kappa shape index (κ3) is 4.58. The maximum atomic E-state index is 12.0. The maximum Gasteiger partial charge on any atom is 0.330 e. The summed E-state index contributed by atoms with van der Waals surface area (Å²) in [5.41, 5.74) is -1.32. The fourth-order valence-electron chi connectivity index (χ4n) is 2.67. The summed E-state index contributed by atoms with van der Waals surface area (Å²) in [5.74, 6) is 5.63. The molecule has 2 heterocycles. The van der Waals surface area contributed by atoms with E-state index in [2.05, 4.69) is 23.7 Å². The molecule has 8 heteroatoms. The molecule has 8 nitrogen and oxygen atoms in total. The summed E-state index contributed by atoms with van der Waals surface area (Å²) in [6, 6.07) is 0. The monoisotopic (exact) mass is 352 g/mol. The molecular weight excluding hydrogens is 328 g/mol. The smallest absolute Gasteiger partial charge is 0.330 e. The molecule has 1 aromatic heterocycles. The number of aliphatic hydroxyl groups is 3. The van der Waals surface area contributed by atoms with Crippen LogP contribution in [-0.2, 0) is 4.74 Å². The Morgan fingerprint density at radius 3 is 2.64 bits per heavy atom. The lowest BCUT2D eigenvalue weighted by Crippen LogP contribution is -2.38. The fraction of sp³-hybridized carbons (Fsp3) is 0.647. The van der Waals surface area contributed by atoms with Gasteiger partial charge in [0.25, 0.3) is 5.56 Å². The first-order valence-corrected chi connectivity index (χ1v) is 8.46. The van der Waals surface area contributed by atoms with Gasteiger partial charge in [-0.3, -0.25) is 14.3 Å². The SMILES string of the molecule is CCCCCCC#Cc1cn([C@@H]2O[C@H](CO)[C@@H](O)[C@H]2O)c(=O)[nH]c1=O. The van der Waals surface area contributed by atoms with Gasteiger partial charge in [0.15, 0.2) is 6.23 Å². The first kappa shape index (κ1) is 19.4. The predicted molar refractivity (Wildman–Crippen MR) is 90.0 cm³/mol. The van der Waals surface area contributed by atoms with Crippen molar-refractivity contribution in [2.24, 2.45) is 0 Å². The second-order valence-corrected chi connectivity index (χ2v) is 6.05. The van der Waals surface area contributed by atoms with E-state index in [-0.39, 0.29) is 5.56 Å². The van der Waals surface area contributed by atoms with Crippen molar-refractivity contribution >= 4 is 0 Å². The first-order chi connectivity index (χ1) is 12.0. The fourth-order valence-corrected chi connectivity index (χ4v) is 2.67. The minimum atomic E-state index is -1.41. The highest BCUT2D eigenvalue weighted by Gasteiger charge is 2.43. The molecule has 2 rings (SSSR count). The van der Waals surface area contributed by atoms with Crippen LogP contribution in [0.5, 0.6) is 0 Å². The van der Waals surface area contributed by atoms with Gasteiger partial charge in [0, 0.05) is 12.6 Å². The molecule has 0 saturated carbocycles. The van der Waals surface area contributed by atoms with E-state index in [1.165, 1.54) is 6.20 Å². The molecule has 0 amide bonds. The number of ether oxygens (including phenoxy) is 1. The zero-order valence-electron chi connectivity index (χ0n) is 14.1. The normalized spacial score (nSPS) is 25.6. The molecule has 0 bridgehead atoms. The highest BCUT2D eigenvalue weighted by molar-refractivity contribution is 5.29. The second kappa shape index (κ2) is 8.97. The van der Waals surface area contributed by atoms with Crippen molar-refractivity contribution in [1.29, 1.82) is 0 Å². The van der Waals surface area contributed by atoms with E-state index in [1.54, 1.807) is 0 Å². The Hall–Kier alpha value is -1.92. The number of nitrogens with one attached hydrogen (secondary N) is 1. The van der Waals surface area contributed by atoms with Crippen molar-refractivity contribution in [2.75, 3.05) is 6.61 Å². The number of nitrogens with zero attached hydrogens (tertiary/aromatic N) is 1.